The van der Waals surface area contributed by atoms with E-state index in [0.29, 0.717) is 46.3 Å². The molecular formula is C16H20N6O3S. The first-order valence-electron chi connectivity index (χ1n) is 8.28. The van der Waals surface area contributed by atoms with E-state index < -0.39 is 0 Å². The van der Waals surface area contributed by atoms with E-state index in [1.807, 2.05) is 11.6 Å². The Bertz CT molecular complexity index is 964. The zero-order valence-electron chi connectivity index (χ0n) is 14.8. The molecule has 26 heavy (non-hydrogen) atoms. The molecule has 0 saturated heterocycles. The minimum atomic E-state index is -0.279. The molecule has 2 N–H and O–H groups in total. The molecule has 138 valence electrons. The van der Waals surface area contributed by atoms with Crippen LogP contribution in [-0.4, -0.2) is 51.6 Å². The van der Waals surface area contributed by atoms with Gasteiger partial charge in [0, 0.05) is 27.1 Å². The van der Waals surface area contributed by atoms with Crippen molar-refractivity contribution in [1.29, 1.82) is 0 Å². The summed E-state index contributed by atoms with van der Waals surface area (Å²) in [6.07, 6.45) is 2.49. The number of nitrogens with zero attached hydrogens (tertiary/aromatic N) is 4. The molecule has 0 spiro atoms. The number of rotatable bonds is 7. The second-order valence-corrected chi connectivity index (χ2v) is 6.58. The molecule has 0 fully saturated rings. The maximum absolute atomic E-state index is 12.4. The standard InChI is InChI=1S/C16H20N6O3S/c1-4-25-9(23)6-5-7-18-14(24)16-20-11-12-10(19-8-22(12)3)13(17-2)21-15(11)26-16/h8H,4-7H2,1-3H3,(H,17,21)(H,18,24). The number of fused-ring (bicyclic) bond motifs is 3. The lowest BCUT2D eigenvalue weighted by molar-refractivity contribution is -0.143. The molecule has 0 aliphatic carbocycles. The number of nitrogens with one attached hydrogen (secondary N) is 2. The number of pyridine rings is 1. The summed E-state index contributed by atoms with van der Waals surface area (Å²) in [4.78, 5) is 37.6. The van der Waals surface area contributed by atoms with E-state index in [1.165, 1.54) is 11.3 Å². The highest BCUT2D eigenvalue weighted by molar-refractivity contribution is 7.20. The Morgan fingerprint density at radius 2 is 2.12 bits per heavy atom. The van der Waals surface area contributed by atoms with Crippen LogP contribution in [0.5, 0.6) is 0 Å². The Morgan fingerprint density at radius 3 is 2.85 bits per heavy atom. The highest BCUT2D eigenvalue weighted by Crippen LogP contribution is 2.30. The van der Waals surface area contributed by atoms with Gasteiger partial charge in [0.1, 0.15) is 21.4 Å². The summed E-state index contributed by atoms with van der Waals surface area (Å²) in [6.45, 7) is 2.50. The van der Waals surface area contributed by atoms with Crippen molar-refractivity contribution >= 4 is 50.4 Å². The lowest BCUT2D eigenvalue weighted by atomic mass is 10.3. The number of esters is 1. The zero-order valence-corrected chi connectivity index (χ0v) is 15.6. The monoisotopic (exact) mass is 376 g/mol. The van der Waals surface area contributed by atoms with Gasteiger partial charge in [0.25, 0.3) is 5.91 Å². The summed E-state index contributed by atoms with van der Waals surface area (Å²) in [5, 5.41) is 6.13. The highest BCUT2D eigenvalue weighted by Gasteiger charge is 2.19. The number of carbonyl (C=O) groups is 2. The van der Waals surface area contributed by atoms with Crippen LogP contribution in [0.3, 0.4) is 0 Å². The molecule has 0 bridgehead atoms. The summed E-state index contributed by atoms with van der Waals surface area (Å²) >= 11 is 1.23. The molecular weight excluding hydrogens is 356 g/mol. The summed E-state index contributed by atoms with van der Waals surface area (Å²) in [7, 11) is 3.66. The molecule has 3 heterocycles. The Hall–Kier alpha value is -2.75. The van der Waals surface area contributed by atoms with Crippen LogP contribution >= 0.6 is 11.3 Å². The van der Waals surface area contributed by atoms with Crippen LogP contribution in [0.2, 0.25) is 0 Å². The molecule has 0 aliphatic heterocycles. The zero-order chi connectivity index (χ0) is 18.7. The van der Waals surface area contributed by atoms with Crippen LogP contribution in [0, 0.1) is 0 Å². The number of amides is 1. The van der Waals surface area contributed by atoms with E-state index in [9.17, 15) is 9.59 Å². The average Bonchev–Trinajstić information content (AvgIpc) is 3.21. The fourth-order valence-corrected chi connectivity index (χ4v) is 3.46. The fourth-order valence-electron chi connectivity index (χ4n) is 2.59. The van der Waals surface area contributed by atoms with Gasteiger partial charge >= 0.3 is 5.97 Å². The summed E-state index contributed by atoms with van der Waals surface area (Å²) in [5.41, 5.74) is 2.20. The molecule has 0 saturated carbocycles. The second-order valence-electron chi connectivity index (χ2n) is 5.60. The van der Waals surface area contributed by atoms with Gasteiger partial charge in [-0.25, -0.2) is 15.0 Å². The smallest absolute Gasteiger partial charge is 0.305 e. The average molecular weight is 376 g/mol. The third kappa shape index (κ3) is 3.45. The minimum Gasteiger partial charge on any atom is -0.466 e. The molecule has 3 aromatic heterocycles. The van der Waals surface area contributed by atoms with E-state index in [1.54, 1.807) is 20.3 Å². The molecule has 3 rings (SSSR count). The molecule has 3 aromatic rings. The summed E-state index contributed by atoms with van der Waals surface area (Å²) in [5.74, 6) is 0.112. The Morgan fingerprint density at radius 1 is 1.31 bits per heavy atom. The number of carbonyl (C=O) groups excluding carboxylic acids is 2. The number of hydrogen-bond donors (Lipinski definition) is 2. The van der Waals surface area contributed by atoms with Crippen molar-refractivity contribution in [2.75, 3.05) is 25.5 Å². The van der Waals surface area contributed by atoms with Gasteiger partial charge < -0.3 is 19.9 Å². The van der Waals surface area contributed by atoms with E-state index >= 15 is 0 Å². The molecule has 10 heteroatoms. The normalized spacial score (nSPS) is 11.0. The van der Waals surface area contributed by atoms with Crippen molar-refractivity contribution in [2.45, 2.75) is 19.8 Å². The first-order chi connectivity index (χ1) is 12.5. The highest BCUT2D eigenvalue weighted by atomic mass is 32.1. The van der Waals surface area contributed by atoms with Gasteiger partial charge in [-0.05, 0) is 13.3 Å². The van der Waals surface area contributed by atoms with Crippen LogP contribution in [0.15, 0.2) is 6.33 Å². The van der Waals surface area contributed by atoms with Gasteiger partial charge in [0.15, 0.2) is 10.8 Å². The molecule has 0 aliphatic rings. The number of aryl methyl sites for hydroxylation is 1. The number of imidazole rings is 1. The van der Waals surface area contributed by atoms with E-state index in [-0.39, 0.29) is 18.3 Å². The van der Waals surface area contributed by atoms with Crippen LogP contribution in [0.4, 0.5) is 5.82 Å². The van der Waals surface area contributed by atoms with E-state index in [4.69, 9.17) is 4.74 Å². The van der Waals surface area contributed by atoms with Crippen LogP contribution < -0.4 is 10.6 Å². The number of hydrogen-bond acceptors (Lipinski definition) is 8. The van der Waals surface area contributed by atoms with E-state index in [0.717, 1.165) is 5.52 Å². The number of anilines is 1. The SMILES string of the molecule is CCOC(=O)CCCNC(=O)c1nc2c(nc(NC)c3ncn(C)c32)s1. The van der Waals surface area contributed by atoms with E-state index in [2.05, 4.69) is 25.6 Å². The van der Waals surface area contributed by atoms with Gasteiger partial charge in [0.2, 0.25) is 0 Å². The third-order valence-corrected chi connectivity index (χ3v) is 4.74. The summed E-state index contributed by atoms with van der Waals surface area (Å²) < 4.78 is 6.72. The first-order valence-corrected chi connectivity index (χ1v) is 9.10. The minimum absolute atomic E-state index is 0.260. The van der Waals surface area contributed by atoms with Crippen molar-refractivity contribution in [2.24, 2.45) is 7.05 Å². The topological polar surface area (TPSA) is 111 Å². The van der Waals surface area contributed by atoms with Crippen molar-refractivity contribution in [3.8, 4) is 0 Å². The maximum Gasteiger partial charge on any atom is 0.305 e. The lowest BCUT2D eigenvalue weighted by Gasteiger charge is -2.03. The lowest BCUT2D eigenvalue weighted by Crippen LogP contribution is -2.24. The fraction of sp³-hybridized carbons (Fsp3) is 0.438. The van der Waals surface area contributed by atoms with Gasteiger partial charge in [-0.15, -0.1) is 0 Å². The van der Waals surface area contributed by atoms with Crippen molar-refractivity contribution in [3.05, 3.63) is 11.3 Å². The molecule has 0 radical (unpaired) electrons. The number of thiazole rings is 1. The molecule has 1 amide bonds. The van der Waals surface area contributed by atoms with Gasteiger partial charge in [-0.2, -0.15) is 0 Å². The first kappa shape index (κ1) is 18.1. The van der Waals surface area contributed by atoms with Gasteiger partial charge in [-0.1, -0.05) is 11.3 Å². The quantitative estimate of drug-likeness (QED) is 0.477. The van der Waals surface area contributed by atoms with Crippen molar-refractivity contribution in [1.82, 2.24) is 24.8 Å². The Balaban J connectivity index is 1.76. The third-order valence-electron chi connectivity index (χ3n) is 3.79. The van der Waals surface area contributed by atoms with Crippen LogP contribution in [0.1, 0.15) is 29.6 Å². The molecule has 9 nitrogen and oxygen atoms in total. The predicted molar refractivity (Wildman–Crippen MR) is 99.4 cm³/mol. The van der Waals surface area contributed by atoms with Crippen LogP contribution in [0.25, 0.3) is 21.4 Å². The molecule has 0 unspecified atom stereocenters. The van der Waals surface area contributed by atoms with Crippen molar-refractivity contribution < 1.29 is 14.3 Å². The predicted octanol–water partition coefficient (Wildman–Crippen LogP) is 1.69. The Kier molecular flexibility index (Phi) is 5.31. The van der Waals surface area contributed by atoms with Crippen LogP contribution in [-0.2, 0) is 16.6 Å². The largest absolute Gasteiger partial charge is 0.466 e. The number of ether oxygens (including phenoxy) is 1. The molecule has 0 aromatic carbocycles. The summed E-state index contributed by atoms with van der Waals surface area (Å²) in [6, 6.07) is 0. The second kappa shape index (κ2) is 7.65. The van der Waals surface area contributed by atoms with Crippen molar-refractivity contribution in [3.63, 3.8) is 0 Å². The molecule has 0 atom stereocenters. The van der Waals surface area contributed by atoms with Gasteiger partial charge in [-0.3, -0.25) is 9.59 Å². The number of aromatic nitrogens is 4. The Labute approximate surface area is 153 Å². The maximum atomic E-state index is 12.4. The van der Waals surface area contributed by atoms with Gasteiger partial charge in [0.05, 0.1) is 12.9 Å².